The van der Waals surface area contributed by atoms with E-state index in [0.717, 1.165) is 36.7 Å². The third-order valence-electron chi connectivity index (χ3n) is 5.39. The van der Waals surface area contributed by atoms with E-state index >= 15 is 0 Å². The van der Waals surface area contributed by atoms with Crippen molar-refractivity contribution in [1.82, 2.24) is 24.4 Å². The van der Waals surface area contributed by atoms with Crippen LogP contribution in [0.1, 0.15) is 50.0 Å². The minimum atomic E-state index is -0.000469. The van der Waals surface area contributed by atoms with Crippen LogP contribution < -0.4 is 4.74 Å². The third kappa shape index (κ3) is 4.35. The van der Waals surface area contributed by atoms with Crippen molar-refractivity contribution in [3.05, 3.63) is 66.6 Å². The zero-order valence-electron chi connectivity index (χ0n) is 17.4. The molecule has 2 aromatic heterocycles. The maximum absolute atomic E-state index is 12.8. The van der Waals surface area contributed by atoms with Gasteiger partial charge in [0.25, 0.3) is 5.91 Å². The molecule has 7 nitrogen and oxygen atoms in total. The van der Waals surface area contributed by atoms with Gasteiger partial charge in [-0.25, -0.2) is 9.97 Å². The summed E-state index contributed by atoms with van der Waals surface area (Å²) in [7, 11) is 0. The monoisotopic (exact) mass is 405 g/mol. The Hall–Kier alpha value is -3.22. The molecule has 1 saturated heterocycles. The number of imidazole rings is 1. The minimum absolute atomic E-state index is 0.000469. The molecule has 0 spiro atoms. The van der Waals surface area contributed by atoms with Crippen LogP contribution in [-0.2, 0) is 4.79 Å². The topological polar surface area (TPSA) is 73.1 Å². The Bertz CT molecular complexity index is 986. The molecule has 1 aromatic carbocycles. The van der Waals surface area contributed by atoms with Crippen molar-refractivity contribution in [2.45, 2.75) is 38.5 Å². The molecule has 1 aliphatic rings. The lowest BCUT2D eigenvalue weighted by Gasteiger charge is -2.33. The largest absolute Gasteiger partial charge is 0.484 e. The zero-order valence-corrected chi connectivity index (χ0v) is 17.4. The first-order chi connectivity index (χ1) is 14.6. The fourth-order valence-corrected chi connectivity index (χ4v) is 3.92. The van der Waals surface area contributed by atoms with Crippen LogP contribution in [0.4, 0.5) is 0 Å². The molecule has 0 unspecified atom stereocenters. The predicted molar refractivity (Wildman–Crippen MR) is 114 cm³/mol. The van der Waals surface area contributed by atoms with Crippen LogP contribution >= 0.6 is 0 Å². The van der Waals surface area contributed by atoms with Crippen LogP contribution in [0.5, 0.6) is 5.75 Å². The maximum Gasteiger partial charge on any atom is 0.260 e. The normalized spacial score (nSPS) is 16.6. The quantitative estimate of drug-likeness (QED) is 0.627. The SMILES string of the molecule is CC(C)c1nccn1-c1nccnc1[C@@H]1CCCN(C(=O)COc2ccccc2)C1. The molecule has 0 aliphatic carbocycles. The molecule has 4 rings (SSSR count). The van der Waals surface area contributed by atoms with Crippen LogP contribution in [0, 0.1) is 0 Å². The summed E-state index contributed by atoms with van der Waals surface area (Å²) in [5, 5.41) is 0. The first-order valence-corrected chi connectivity index (χ1v) is 10.4. The lowest BCUT2D eigenvalue weighted by Crippen LogP contribution is -2.42. The van der Waals surface area contributed by atoms with E-state index in [1.165, 1.54) is 0 Å². The van der Waals surface area contributed by atoms with E-state index in [4.69, 9.17) is 4.74 Å². The van der Waals surface area contributed by atoms with Crippen LogP contribution in [0.15, 0.2) is 55.1 Å². The minimum Gasteiger partial charge on any atom is -0.484 e. The third-order valence-corrected chi connectivity index (χ3v) is 5.39. The highest BCUT2D eigenvalue weighted by Gasteiger charge is 2.29. The van der Waals surface area contributed by atoms with E-state index < -0.39 is 0 Å². The van der Waals surface area contributed by atoms with Crippen molar-refractivity contribution in [3.63, 3.8) is 0 Å². The standard InChI is InChI=1S/C23H27N5O2/c1-17(2)22-26-12-14-28(22)23-21(24-10-11-25-23)18-7-6-13-27(15-18)20(29)16-30-19-8-4-3-5-9-19/h3-5,8-12,14,17-18H,6-7,13,15-16H2,1-2H3/t18-/m1/s1. The van der Waals surface area contributed by atoms with Crippen LogP contribution in [0.3, 0.4) is 0 Å². The highest BCUT2D eigenvalue weighted by atomic mass is 16.5. The van der Waals surface area contributed by atoms with Gasteiger partial charge in [0.15, 0.2) is 12.4 Å². The van der Waals surface area contributed by atoms with Gasteiger partial charge in [-0.1, -0.05) is 32.0 Å². The fraction of sp³-hybridized carbons (Fsp3) is 0.391. The Morgan fingerprint density at radius 1 is 1.13 bits per heavy atom. The fourth-order valence-electron chi connectivity index (χ4n) is 3.92. The van der Waals surface area contributed by atoms with E-state index in [9.17, 15) is 4.79 Å². The van der Waals surface area contributed by atoms with Gasteiger partial charge in [-0.2, -0.15) is 0 Å². The molecule has 0 radical (unpaired) electrons. The van der Waals surface area contributed by atoms with Gasteiger partial charge in [-0.05, 0) is 25.0 Å². The number of ether oxygens (including phenoxy) is 1. The van der Waals surface area contributed by atoms with Gasteiger partial charge in [0, 0.05) is 49.7 Å². The highest BCUT2D eigenvalue weighted by Crippen LogP contribution is 2.30. The van der Waals surface area contributed by atoms with Crippen molar-refractivity contribution < 1.29 is 9.53 Å². The number of benzene rings is 1. The first kappa shape index (κ1) is 20.1. The highest BCUT2D eigenvalue weighted by molar-refractivity contribution is 5.78. The van der Waals surface area contributed by atoms with E-state index in [1.807, 2.05) is 46.0 Å². The van der Waals surface area contributed by atoms with Crippen molar-refractivity contribution in [3.8, 4) is 11.6 Å². The molecule has 156 valence electrons. The summed E-state index contributed by atoms with van der Waals surface area (Å²) < 4.78 is 7.68. The van der Waals surface area contributed by atoms with Crippen molar-refractivity contribution in [2.24, 2.45) is 0 Å². The number of amides is 1. The van der Waals surface area contributed by atoms with Gasteiger partial charge in [-0.3, -0.25) is 14.3 Å². The second-order valence-electron chi connectivity index (χ2n) is 7.86. The van der Waals surface area contributed by atoms with Crippen molar-refractivity contribution >= 4 is 5.91 Å². The average Bonchev–Trinajstić information content (AvgIpc) is 3.28. The molecule has 7 heteroatoms. The second kappa shape index (κ2) is 9.07. The molecule has 3 aromatic rings. The summed E-state index contributed by atoms with van der Waals surface area (Å²) in [5.74, 6) is 2.87. The number of rotatable bonds is 6. The Balaban J connectivity index is 1.50. The van der Waals surface area contributed by atoms with E-state index in [1.54, 1.807) is 18.6 Å². The van der Waals surface area contributed by atoms with Crippen LogP contribution in [0.2, 0.25) is 0 Å². The van der Waals surface area contributed by atoms with E-state index in [2.05, 4.69) is 28.8 Å². The number of carbonyl (C=O) groups is 1. The summed E-state index contributed by atoms with van der Waals surface area (Å²) in [5.41, 5.74) is 0.916. The number of hydrogen-bond acceptors (Lipinski definition) is 5. The maximum atomic E-state index is 12.8. The smallest absolute Gasteiger partial charge is 0.260 e. The number of nitrogens with zero attached hydrogens (tertiary/aromatic N) is 5. The molecular formula is C23H27N5O2. The van der Waals surface area contributed by atoms with E-state index in [0.29, 0.717) is 12.3 Å². The average molecular weight is 406 g/mol. The molecule has 1 amide bonds. The van der Waals surface area contributed by atoms with Crippen molar-refractivity contribution in [1.29, 1.82) is 0 Å². The summed E-state index contributed by atoms with van der Waals surface area (Å²) in [6.07, 6.45) is 9.07. The summed E-state index contributed by atoms with van der Waals surface area (Å²) in [6, 6.07) is 9.43. The Morgan fingerprint density at radius 3 is 2.73 bits per heavy atom. The lowest BCUT2D eigenvalue weighted by molar-refractivity contribution is -0.134. The van der Waals surface area contributed by atoms with Crippen LogP contribution in [-0.4, -0.2) is 50.0 Å². The summed E-state index contributed by atoms with van der Waals surface area (Å²) in [6.45, 7) is 5.63. The molecule has 1 fully saturated rings. The van der Waals surface area contributed by atoms with Crippen molar-refractivity contribution in [2.75, 3.05) is 19.7 Å². The summed E-state index contributed by atoms with van der Waals surface area (Å²) >= 11 is 0. The predicted octanol–water partition coefficient (Wildman–Crippen LogP) is 3.57. The molecule has 3 heterocycles. The molecule has 1 aliphatic heterocycles. The number of piperidine rings is 1. The van der Waals surface area contributed by atoms with Gasteiger partial charge < -0.3 is 9.64 Å². The van der Waals surface area contributed by atoms with Gasteiger partial charge in [0.2, 0.25) is 0 Å². The number of carbonyl (C=O) groups excluding carboxylic acids is 1. The molecule has 0 bridgehead atoms. The number of likely N-dealkylation sites (tertiary alicyclic amines) is 1. The molecular weight excluding hydrogens is 378 g/mol. The lowest BCUT2D eigenvalue weighted by atomic mass is 9.94. The first-order valence-electron chi connectivity index (χ1n) is 10.4. The summed E-state index contributed by atoms with van der Waals surface area (Å²) in [4.78, 5) is 28.4. The number of aromatic nitrogens is 4. The molecule has 30 heavy (non-hydrogen) atoms. The second-order valence-corrected chi connectivity index (χ2v) is 7.86. The molecule has 0 N–H and O–H groups in total. The van der Waals surface area contributed by atoms with E-state index in [-0.39, 0.29) is 24.3 Å². The Labute approximate surface area is 176 Å². The number of para-hydroxylation sites is 1. The van der Waals surface area contributed by atoms with Gasteiger partial charge in [0.05, 0.1) is 5.69 Å². The zero-order chi connectivity index (χ0) is 20.9. The van der Waals surface area contributed by atoms with Gasteiger partial charge >= 0.3 is 0 Å². The van der Waals surface area contributed by atoms with Gasteiger partial charge in [0.1, 0.15) is 11.6 Å². The number of hydrogen-bond donors (Lipinski definition) is 0. The Kier molecular flexibility index (Phi) is 6.07. The molecule has 1 atom stereocenters. The van der Waals surface area contributed by atoms with Gasteiger partial charge in [-0.15, -0.1) is 0 Å². The Morgan fingerprint density at radius 2 is 1.93 bits per heavy atom. The molecule has 0 saturated carbocycles. The van der Waals surface area contributed by atoms with Crippen LogP contribution in [0.25, 0.3) is 5.82 Å².